The van der Waals surface area contributed by atoms with Gasteiger partial charge < -0.3 is 19.6 Å². The van der Waals surface area contributed by atoms with Gasteiger partial charge in [-0.15, -0.1) is 0 Å². The predicted octanol–water partition coefficient (Wildman–Crippen LogP) is 4.37. The van der Waals surface area contributed by atoms with Gasteiger partial charge in [-0.1, -0.05) is 48.5 Å². The summed E-state index contributed by atoms with van der Waals surface area (Å²) in [7, 11) is 1.66. The number of pyridine rings is 1. The second-order valence-corrected chi connectivity index (χ2v) is 8.66. The highest BCUT2D eigenvalue weighted by atomic mass is 16.5. The minimum atomic E-state index is -0.619. The summed E-state index contributed by atoms with van der Waals surface area (Å²) in [6.45, 7) is 0.202. The number of nitrogens with zero attached hydrogens (tertiary/aromatic N) is 1. The van der Waals surface area contributed by atoms with E-state index in [1.54, 1.807) is 49.1 Å². The average molecular weight is 509 g/mol. The molecule has 4 N–H and O–H groups in total. The molecule has 5 rings (SSSR count). The van der Waals surface area contributed by atoms with Crippen molar-refractivity contribution in [3.63, 3.8) is 0 Å². The smallest absolute Gasteiger partial charge is 0.274 e. The van der Waals surface area contributed by atoms with Crippen LogP contribution in [0.25, 0.3) is 22.0 Å². The van der Waals surface area contributed by atoms with Crippen LogP contribution in [0.3, 0.4) is 0 Å². The van der Waals surface area contributed by atoms with Crippen LogP contribution < -0.4 is 21.1 Å². The Morgan fingerprint density at radius 3 is 2.37 bits per heavy atom. The molecule has 0 atom stereocenters. The second-order valence-electron chi connectivity index (χ2n) is 8.66. The van der Waals surface area contributed by atoms with Gasteiger partial charge in [-0.25, -0.2) is 5.48 Å². The number of nitrogens with one attached hydrogen (secondary N) is 3. The summed E-state index contributed by atoms with van der Waals surface area (Å²) in [5.41, 5.74) is 4.42. The normalized spacial score (nSPS) is 10.8. The Hall–Kier alpha value is -5.15. The van der Waals surface area contributed by atoms with Crippen LogP contribution in [0, 0.1) is 0 Å². The van der Waals surface area contributed by atoms with E-state index in [1.807, 2.05) is 54.6 Å². The fourth-order valence-electron chi connectivity index (χ4n) is 4.18. The van der Waals surface area contributed by atoms with Crippen LogP contribution >= 0.6 is 0 Å². The van der Waals surface area contributed by atoms with Gasteiger partial charge in [0.1, 0.15) is 22.7 Å². The van der Waals surface area contributed by atoms with Crippen molar-refractivity contribution in [3.8, 4) is 22.6 Å². The first-order valence-corrected chi connectivity index (χ1v) is 11.8. The maximum absolute atomic E-state index is 13.0. The summed E-state index contributed by atoms with van der Waals surface area (Å²) in [5, 5.41) is 12.2. The number of para-hydroxylation sites is 2. The average Bonchev–Trinajstić information content (AvgIpc) is 3.41. The Bertz CT molecular complexity index is 1690. The minimum Gasteiger partial charge on any atom is -0.457 e. The number of carbonyl (C=O) groups excluding carboxylic acids is 2. The molecule has 0 spiro atoms. The lowest BCUT2D eigenvalue weighted by Gasteiger charge is -2.13. The van der Waals surface area contributed by atoms with Crippen molar-refractivity contribution in [2.45, 2.75) is 6.54 Å². The summed E-state index contributed by atoms with van der Waals surface area (Å²) in [6.07, 6.45) is 1.73. The third-order valence-corrected chi connectivity index (χ3v) is 6.13. The lowest BCUT2D eigenvalue weighted by atomic mass is 10.0. The number of hydroxylamine groups is 1. The number of hydrogen-bond donors (Lipinski definition) is 4. The highest BCUT2D eigenvalue weighted by molar-refractivity contribution is 6.03. The second kappa shape index (κ2) is 10.5. The van der Waals surface area contributed by atoms with Crippen molar-refractivity contribution in [1.29, 1.82) is 0 Å². The number of ether oxygens (including phenoxy) is 1. The quantitative estimate of drug-likeness (QED) is 0.192. The molecular weight excluding hydrogens is 484 g/mol. The molecule has 5 aromatic rings. The van der Waals surface area contributed by atoms with Crippen LogP contribution in [0.15, 0.2) is 95.9 Å². The highest BCUT2D eigenvalue weighted by Crippen LogP contribution is 2.36. The fourth-order valence-corrected chi connectivity index (χ4v) is 4.18. The number of H-pyrrole nitrogens is 1. The molecule has 3 aromatic carbocycles. The third-order valence-electron chi connectivity index (χ3n) is 6.13. The van der Waals surface area contributed by atoms with Gasteiger partial charge in [-0.2, -0.15) is 0 Å². The minimum absolute atomic E-state index is 0.202. The summed E-state index contributed by atoms with van der Waals surface area (Å²) in [4.78, 5) is 40.4. The van der Waals surface area contributed by atoms with Gasteiger partial charge >= 0.3 is 0 Å². The number of hydrogen-bond acceptors (Lipinski definition) is 5. The van der Waals surface area contributed by atoms with Gasteiger partial charge in [0.2, 0.25) is 0 Å². The summed E-state index contributed by atoms with van der Waals surface area (Å²) in [5.74, 6) is 0.288. The lowest BCUT2D eigenvalue weighted by Crippen LogP contribution is -2.23. The van der Waals surface area contributed by atoms with E-state index in [-0.39, 0.29) is 29.3 Å². The monoisotopic (exact) mass is 508 g/mol. The lowest BCUT2D eigenvalue weighted by molar-refractivity contribution is 0.0706. The highest BCUT2D eigenvalue weighted by Gasteiger charge is 2.18. The molecule has 2 heterocycles. The number of aryl methyl sites for hydroxylation is 1. The topological polar surface area (TPSA) is 125 Å². The zero-order valence-electron chi connectivity index (χ0n) is 20.4. The molecule has 2 amide bonds. The number of amides is 2. The molecule has 0 aliphatic rings. The Labute approximate surface area is 217 Å². The number of rotatable bonds is 7. The zero-order valence-corrected chi connectivity index (χ0v) is 20.4. The molecule has 9 nitrogen and oxygen atoms in total. The zero-order chi connectivity index (χ0) is 26.6. The van der Waals surface area contributed by atoms with Crippen molar-refractivity contribution in [2.75, 3.05) is 0 Å². The Balaban J connectivity index is 1.45. The SMILES string of the molecule is Cn1cc(-c2ccccc2Oc2ccccc2)c2cc(C(=O)NCc3ccc(C(=O)NO)cc3)[nH]c2c1=O. The van der Waals surface area contributed by atoms with Gasteiger partial charge in [0.15, 0.2) is 0 Å². The van der Waals surface area contributed by atoms with E-state index in [2.05, 4.69) is 10.3 Å². The Morgan fingerprint density at radius 1 is 0.921 bits per heavy atom. The van der Waals surface area contributed by atoms with Crippen LogP contribution in [0.1, 0.15) is 26.4 Å². The van der Waals surface area contributed by atoms with E-state index in [0.717, 1.165) is 16.7 Å². The van der Waals surface area contributed by atoms with Crippen molar-refractivity contribution in [1.82, 2.24) is 20.3 Å². The molecule has 0 aliphatic heterocycles. The first-order chi connectivity index (χ1) is 18.4. The molecular formula is C29H24N4O5. The fraction of sp³-hybridized carbons (Fsp3) is 0.0690. The molecule has 0 bridgehead atoms. The molecule has 9 heteroatoms. The van der Waals surface area contributed by atoms with Crippen LogP contribution in [-0.2, 0) is 13.6 Å². The standard InChI is InChI=1S/C29H24N4O5/c1-33-17-23(21-9-5-6-10-25(21)38-20-7-3-2-4-8-20)22-15-24(31-26(22)29(33)36)28(35)30-16-18-11-13-19(14-12-18)27(34)32-37/h2-15,17,31,37H,16H2,1H3,(H,30,35)(H,32,34). The number of benzene rings is 3. The largest absolute Gasteiger partial charge is 0.457 e. The molecule has 0 saturated carbocycles. The molecule has 0 radical (unpaired) electrons. The molecule has 0 unspecified atom stereocenters. The van der Waals surface area contributed by atoms with Crippen molar-refractivity contribution in [3.05, 3.63) is 118 Å². The molecule has 0 saturated heterocycles. The van der Waals surface area contributed by atoms with E-state index in [1.165, 1.54) is 4.57 Å². The van der Waals surface area contributed by atoms with Gasteiger partial charge in [0, 0.05) is 41.9 Å². The molecule has 0 aliphatic carbocycles. The van der Waals surface area contributed by atoms with E-state index in [4.69, 9.17) is 9.94 Å². The first kappa shape index (κ1) is 24.5. The summed E-state index contributed by atoms with van der Waals surface area (Å²) in [6, 6.07) is 25.0. The van der Waals surface area contributed by atoms with Crippen LogP contribution in [0.5, 0.6) is 11.5 Å². The molecule has 2 aromatic heterocycles. The molecule has 190 valence electrons. The summed E-state index contributed by atoms with van der Waals surface area (Å²) < 4.78 is 7.61. The molecule has 38 heavy (non-hydrogen) atoms. The molecule has 0 fully saturated rings. The van der Waals surface area contributed by atoms with Gasteiger partial charge in [0.25, 0.3) is 17.4 Å². The first-order valence-electron chi connectivity index (χ1n) is 11.8. The van der Waals surface area contributed by atoms with Crippen molar-refractivity contribution in [2.24, 2.45) is 7.05 Å². The van der Waals surface area contributed by atoms with Gasteiger partial charge in [-0.3, -0.25) is 19.6 Å². The maximum Gasteiger partial charge on any atom is 0.274 e. The number of aromatic nitrogens is 2. The third kappa shape index (κ3) is 4.91. The van der Waals surface area contributed by atoms with E-state index in [0.29, 0.717) is 22.4 Å². The number of aromatic amines is 1. The van der Waals surface area contributed by atoms with Gasteiger partial charge in [-0.05, 0) is 42.0 Å². The van der Waals surface area contributed by atoms with E-state index >= 15 is 0 Å². The maximum atomic E-state index is 13.0. The predicted molar refractivity (Wildman–Crippen MR) is 142 cm³/mol. The summed E-state index contributed by atoms with van der Waals surface area (Å²) >= 11 is 0. The van der Waals surface area contributed by atoms with Crippen molar-refractivity contribution < 1.29 is 19.5 Å². The van der Waals surface area contributed by atoms with Crippen molar-refractivity contribution >= 4 is 22.7 Å². The van der Waals surface area contributed by atoms with Crippen LogP contribution in [0.4, 0.5) is 0 Å². The van der Waals surface area contributed by atoms with E-state index in [9.17, 15) is 14.4 Å². The number of fused-ring (bicyclic) bond motifs is 1. The number of carbonyl (C=O) groups is 2. The van der Waals surface area contributed by atoms with Crippen LogP contribution in [-0.4, -0.2) is 26.6 Å². The Kier molecular flexibility index (Phi) is 6.75. The van der Waals surface area contributed by atoms with Gasteiger partial charge in [0.05, 0.1) is 0 Å². The van der Waals surface area contributed by atoms with Crippen LogP contribution in [0.2, 0.25) is 0 Å². The Morgan fingerprint density at radius 2 is 1.63 bits per heavy atom. The van der Waals surface area contributed by atoms with E-state index < -0.39 is 5.91 Å².